The summed E-state index contributed by atoms with van der Waals surface area (Å²) in [4.78, 5) is 8.83. The smallest absolute Gasteiger partial charge is 0.186 e. The van der Waals surface area contributed by atoms with Crippen molar-refractivity contribution in [3.05, 3.63) is 11.6 Å². The first kappa shape index (κ1) is 8.01. The maximum absolute atomic E-state index is 4.17. The van der Waals surface area contributed by atoms with Gasteiger partial charge in [-0.1, -0.05) is 0 Å². The maximum Gasteiger partial charge on any atom is 0.186 e. The van der Waals surface area contributed by atoms with Crippen LogP contribution in [0.2, 0.25) is 0 Å². The third kappa shape index (κ3) is 1.59. The van der Waals surface area contributed by atoms with Crippen LogP contribution in [-0.2, 0) is 0 Å². The summed E-state index contributed by atoms with van der Waals surface area (Å²) >= 11 is 1.67. The third-order valence-electron chi connectivity index (χ3n) is 2.15. The van der Waals surface area contributed by atoms with Crippen LogP contribution >= 0.6 is 11.3 Å². The van der Waals surface area contributed by atoms with Crippen LogP contribution in [0.4, 0.5) is 5.13 Å². The van der Waals surface area contributed by atoms with E-state index >= 15 is 0 Å². The van der Waals surface area contributed by atoms with Gasteiger partial charge < -0.3 is 9.80 Å². The van der Waals surface area contributed by atoms with Crippen LogP contribution in [0.1, 0.15) is 0 Å². The largest absolute Gasteiger partial charge is 0.346 e. The minimum absolute atomic E-state index is 1.10. The number of rotatable bonds is 1. The van der Waals surface area contributed by atoms with Crippen molar-refractivity contribution in [2.24, 2.45) is 0 Å². The van der Waals surface area contributed by atoms with Gasteiger partial charge in [0.05, 0.1) is 0 Å². The molecule has 65 valence electrons. The molecule has 2 heterocycles. The Labute approximate surface area is 76.6 Å². The van der Waals surface area contributed by atoms with Gasteiger partial charge >= 0.3 is 0 Å². The number of anilines is 1. The highest BCUT2D eigenvalue weighted by atomic mass is 32.1. The lowest BCUT2D eigenvalue weighted by Gasteiger charge is -2.31. The monoisotopic (exact) mass is 182 g/mol. The van der Waals surface area contributed by atoms with Crippen molar-refractivity contribution in [1.29, 1.82) is 0 Å². The zero-order chi connectivity index (χ0) is 8.39. The fraction of sp³-hybridized carbons (Fsp3) is 0.625. The zero-order valence-corrected chi connectivity index (χ0v) is 7.97. The molecule has 0 aliphatic carbocycles. The Balaban J connectivity index is 1.99. The molecule has 12 heavy (non-hydrogen) atoms. The molecule has 1 saturated heterocycles. The Bertz CT molecular complexity index is 226. The van der Waals surface area contributed by atoms with E-state index in [0.29, 0.717) is 0 Å². The molecule has 0 bridgehead atoms. The molecule has 0 N–H and O–H groups in total. The molecule has 1 aromatic rings. The molecule has 0 spiro atoms. The van der Waals surface area contributed by atoms with Crippen molar-refractivity contribution in [2.45, 2.75) is 0 Å². The normalized spacial score (nSPS) is 19.9. The molecule has 1 radical (unpaired) electrons. The summed E-state index contributed by atoms with van der Waals surface area (Å²) in [6.07, 6.45) is 2.85. The standard InChI is InChI=1S/C8H12N3S/c1-10-3-5-11(6-4-10)8-9-2-7-12-8/h7H,3-6H2,1H3. The molecule has 0 atom stereocenters. The summed E-state index contributed by atoms with van der Waals surface area (Å²) in [5.41, 5.74) is 0. The van der Waals surface area contributed by atoms with Crippen molar-refractivity contribution < 1.29 is 0 Å². The molecule has 0 aromatic carbocycles. The number of thiazole rings is 1. The molecule has 1 fully saturated rings. The number of piperazine rings is 1. The molecule has 0 unspecified atom stereocenters. The second-order valence-corrected chi connectivity index (χ2v) is 3.89. The molecule has 1 aliphatic rings. The van der Waals surface area contributed by atoms with Crippen molar-refractivity contribution in [3.63, 3.8) is 0 Å². The van der Waals surface area contributed by atoms with E-state index in [0.717, 1.165) is 31.3 Å². The van der Waals surface area contributed by atoms with Crippen LogP contribution in [0.25, 0.3) is 0 Å². The van der Waals surface area contributed by atoms with Gasteiger partial charge in [0, 0.05) is 31.6 Å². The van der Waals surface area contributed by atoms with E-state index < -0.39 is 0 Å². The highest BCUT2D eigenvalue weighted by Crippen LogP contribution is 2.17. The molecule has 1 aromatic heterocycles. The summed E-state index contributed by atoms with van der Waals surface area (Å²) in [5.74, 6) is 0. The van der Waals surface area contributed by atoms with Gasteiger partial charge in [-0.3, -0.25) is 0 Å². The summed E-state index contributed by atoms with van der Waals surface area (Å²) in [5, 5.41) is 3.02. The highest BCUT2D eigenvalue weighted by Gasteiger charge is 2.15. The van der Waals surface area contributed by atoms with E-state index in [9.17, 15) is 0 Å². The van der Waals surface area contributed by atoms with Crippen LogP contribution in [0, 0.1) is 6.20 Å². The first-order valence-electron chi connectivity index (χ1n) is 4.11. The van der Waals surface area contributed by atoms with Crippen molar-refractivity contribution in [1.82, 2.24) is 9.88 Å². The summed E-state index contributed by atoms with van der Waals surface area (Å²) < 4.78 is 0. The molecule has 1 aliphatic heterocycles. The van der Waals surface area contributed by atoms with Crippen molar-refractivity contribution >= 4 is 16.5 Å². The number of hydrogen-bond acceptors (Lipinski definition) is 4. The van der Waals surface area contributed by atoms with E-state index in [1.165, 1.54) is 0 Å². The zero-order valence-electron chi connectivity index (χ0n) is 7.16. The molecule has 3 nitrogen and oxygen atoms in total. The van der Waals surface area contributed by atoms with Crippen LogP contribution in [0.3, 0.4) is 0 Å². The molecular formula is C8H12N3S. The van der Waals surface area contributed by atoms with Crippen molar-refractivity contribution in [3.8, 4) is 0 Å². The lowest BCUT2D eigenvalue weighted by Crippen LogP contribution is -2.44. The van der Waals surface area contributed by atoms with Crippen LogP contribution in [0.5, 0.6) is 0 Å². The van der Waals surface area contributed by atoms with E-state index in [-0.39, 0.29) is 0 Å². The first-order valence-corrected chi connectivity index (χ1v) is 4.99. The van der Waals surface area contributed by atoms with Gasteiger partial charge in [-0.2, -0.15) is 0 Å². The first-order chi connectivity index (χ1) is 5.86. The minimum Gasteiger partial charge on any atom is -0.346 e. The predicted molar refractivity (Wildman–Crippen MR) is 50.7 cm³/mol. The predicted octanol–water partition coefficient (Wildman–Crippen LogP) is 0.695. The Morgan fingerprint density at radius 2 is 2.17 bits per heavy atom. The van der Waals surface area contributed by atoms with Crippen LogP contribution in [-0.4, -0.2) is 43.1 Å². The van der Waals surface area contributed by atoms with Gasteiger partial charge in [-0.15, -0.1) is 11.3 Å². The van der Waals surface area contributed by atoms with Gasteiger partial charge in [0.25, 0.3) is 0 Å². The summed E-state index contributed by atoms with van der Waals surface area (Å²) in [6.45, 7) is 4.47. The molecule has 2 rings (SSSR count). The Kier molecular flexibility index (Phi) is 2.28. The van der Waals surface area contributed by atoms with E-state index in [4.69, 9.17) is 0 Å². The number of aromatic nitrogens is 1. The Hall–Kier alpha value is -0.610. The summed E-state index contributed by atoms with van der Waals surface area (Å²) in [7, 11) is 2.16. The van der Waals surface area contributed by atoms with E-state index in [1.54, 1.807) is 11.3 Å². The SMILES string of the molecule is CN1CCN(c2n[c]cs2)CC1. The number of likely N-dealkylation sites (N-methyl/N-ethyl adjacent to an activating group) is 1. The fourth-order valence-electron chi connectivity index (χ4n) is 1.33. The average Bonchev–Trinajstić information content (AvgIpc) is 2.58. The molecule has 0 saturated carbocycles. The summed E-state index contributed by atoms with van der Waals surface area (Å²) in [6, 6.07) is 0. The quantitative estimate of drug-likeness (QED) is 0.637. The van der Waals surface area contributed by atoms with Gasteiger partial charge in [0.1, 0.15) is 6.20 Å². The lowest BCUT2D eigenvalue weighted by molar-refractivity contribution is 0.312. The van der Waals surface area contributed by atoms with Crippen LogP contribution < -0.4 is 4.90 Å². The molecule has 0 amide bonds. The maximum atomic E-state index is 4.17. The molecule has 4 heteroatoms. The minimum atomic E-state index is 1.10. The number of nitrogens with zero attached hydrogens (tertiary/aromatic N) is 3. The second-order valence-electron chi connectivity index (χ2n) is 3.05. The molecular weight excluding hydrogens is 170 g/mol. The van der Waals surface area contributed by atoms with E-state index in [2.05, 4.69) is 28.0 Å². The second kappa shape index (κ2) is 3.41. The lowest BCUT2D eigenvalue weighted by atomic mass is 10.3. The Morgan fingerprint density at radius 1 is 1.42 bits per heavy atom. The third-order valence-corrected chi connectivity index (χ3v) is 2.93. The topological polar surface area (TPSA) is 19.4 Å². The van der Waals surface area contributed by atoms with Gasteiger partial charge in [0.2, 0.25) is 0 Å². The fourth-order valence-corrected chi connectivity index (χ4v) is 1.98. The average molecular weight is 182 g/mol. The van der Waals surface area contributed by atoms with Gasteiger partial charge in [-0.05, 0) is 7.05 Å². The van der Waals surface area contributed by atoms with E-state index in [1.807, 2.05) is 5.38 Å². The van der Waals surface area contributed by atoms with Gasteiger partial charge in [-0.25, -0.2) is 4.98 Å². The van der Waals surface area contributed by atoms with Crippen LogP contribution in [0.15, 0.2) is 5.38 Å². The highest BCUT2D eigenvalue weighted by molar-refractivity contribution is 7.13. The Morgan fingerprint density at radius 3 is 2.75 bits per heavy atom. The number of hydrogen-bond donors (Lipinski definition) is 0. The van der Waals surface area contributed by atoms with Gasteiger partial charge in [0.15, 0.2) is 5.13 Å². The van der Waals surface area contributed by atoms with Crippen molar-refractivity contribution in [2.75, 3.05) is 38.1 Å².